The maximum absolute atomic E-state index is 12.0. The standard InChI is InChI=1S/C14H26N2O2/c1-14(2,3)18-13(17)16-8-6-11(10-4-5-10)12(15)7-9-16/h10-12H,4-9,15H2,1-3H3. The molecule has 2 aliphatic rings. The Morgan fingerprint density at radius 1 is 1.17 bits per heavy atom. The van der Waals surface area contributed by atoms with Gasteiger partial charge in [-0.15, -0.1) is 0 Å². The Labute approximate surface area is 110 Å². The number of nitrogens with two attached hydrogens (primary N) is 1. The van der Waals surface area contributed by atoms with Crippen LogP contribution in [0.2, 0.25) is 0 Å². The van der Waals surface area contributed by atoms with Gasteiger partial charge in [0.2, 0.25) is 0 Å². The Morgan fingerprint density at radius 2 is 1.78 bits per heavy atom. The molecule has 2 rings (SSSR count). The van der Waals surface area contributed by atoms with Gasteiger partial charge in [0.25, 0.3) is 0 Å². The molecule has 1 heterocycles. The van der Waals surface area contributed by atoms with Crippen molar-refractivity contribution in [3.05, 3.63) is 0 Å². The topological polar surface area (TPSA) is 55.6 Å². The summed E-state index contributed by atoms with van der Waals surface area (Å²) in [6.07, 6.45) is 4.40. The molecule has 0 radical (unpaired) electrons. The molecular weight excluding hydrogens is 228 g/mol. The Bertz CT molecular complexity index is 307. The highest BCUT2D eigenvalue weighted by Gasteiger charge is 2.37. The van der Waals surface area contributed by atoms with E-state index in [4.69, 9.17) is 10.5 Å². The number of rotatable bonds is 1. The highest BCUT2D eigenvalue weighted by Crippen LogP contribution is 2.41. The van der Waals surface area contributed by atoms with Crippen LogP contribution in [0.3, 0.4) is 0 Å². The molecule has 0 aromatic heterocycles. The molecule has 1 aliphatic carbocycles. The van der Waals surface area contributed by atoms with Crippen LogP contribution in [-0.2, 0) is 4.74 Å². The lowest BCUT2D eigenvalue weighted by Gasteiger charge is -2.26. The molecule has 0 bridgehead atoms. The summed E-state index contributed by atoms with van der Waals surface area (Å²) in [7, 11) is 0. The van der Waals surface area contributed by atoms with Gasteiger partial charge >= 0.3 is 6.09 Å². The van der Waals surface area contributed by atoms with Gasteiger partial charge in [-0.3, -0.25) is 0 Å². The van der Waals surface area contributed by atoms with Gasteiger partial charge < -0.3 is 15.4 Å². The van der Waals surface area contributed by atoms with Crippen molar-refractivity contribution in [2.45, 2.75) is 58.1 Å². The summed E-state index contributed by atoms with van der Waals surface area (Å²) < 4.78 is 5.43. The normalized spacial score (nSPS) is 29.9. The number of ether oxygens (including phenoxy) is 1. The van der Waals surface area contributed by atoms with Crippen LogP contribution in [0.4, 0.5) is 4.79 Å². The molecule has 0 aromatic rings. The van der Waals surface area contributed by atoms with Gasteiger partial charge in [-0.05, 0) is 58.3 Å². The highest BCUT2D eigenvalue weighted by atomic mass is 16.6. The van der Waals surface area contributed by atoms with Crippen LogP contribution in [0.15, 0.2) is 0 Å². The fourth-order valence-corrected chi connectivity index (χ4v) is 2.77. The first kappa shape index (κ1) is 13.7. The van der Waals surface area contributed by atoms with Gasteiger partial charge in [0.05, 0.1) is 0 Å². The summed E-state index contributed by atoms with van der Waals surface area (Å²) in [5, 5.41) is 0. The van der Waals surface area contributed by atoms with Crippen LogP contribution in [0, 0.1) is 11.8 Å². The summed E-state index contributed by atoms with van der Waals surface area (Å²) in [5.41, 5.74) is 5.82. The second-order valence-electron chi connectivity index (χ2n) is 6.71. The monoisotopic (exact) mass is 254 g/mol. The molecule has 1 aliphatic heterocycles. The van der Waals surface area contributed by atoms with Crippen molar-refractivity contribution < 1.29 is 9.53 Å². The van der Waals surface area contributed by atoms with Crippen molar-refractivity contribution in [2.24, 2.45) is 17.6 Å². The lowest BCUT2D eigenvalue weighted by atomic mass is 9.91. The minimum Gasteiger partial charge on any atom is -0.444 e. The van der Waals surface area contributed by atoms with Gasteiger partial charge in [-0.25, -0.2) is 4.79 Å². The Kier molecular flexibility index (Phi) is 3.85. The second-order valence-corrected chi connectivity index (χ2v) is 6.71. The van der Waals surface area contributed by atoms with Crippen molar-refractivity contribution in [1.29, 1.82) is 0 Å². The lowest BCUT2D eigenvalue weighted by Crippen LogP contribution is -2.37. The fourth-order valence-electron chi connectivity index (χ4n) is 2.77. The number of carbonyl (C=O) groups is 1. The van der Waals surface area contributed by atoms with E-state index in [2.05, 4.69) is 0 Å². The van der Waals surface area contributed by atoms with Crippen molar-refractivity contribution >= 4 is 6.09 Å². The predicted octanol–water partition coefficient (Wildman–Crippen LogP) is 2.37. The van der Waals surface area contributed by atoms with E-state index >= 15 is 0 Å². The van der Waals surface area contributed by atoms with E-state index in [0.717, 1.165) is 31.8 Å². The molecule has 0 aromatic carbocycles. The van der Waals surface area contributed by atoms with Gasteiger partial charge in [0.1, 0.15) is 5.60 Å². The lowest BCUT2D eigenvalue weighted by molar-refractivity contribution is 0.0254. The van der Waals surface area contributed by atoms with Gasteiger partial charge in [-0.1, -0.05) is 0 Å². The molecule has 4 heteroatoms. The maximum Gasteiger partial charge on any atom is 0.410 e. The van der Waals surface area contributed by atoms with E-state index in [9.17, 15) is 4.79 Å². The van der Waals surface area contributed by atoms with Gasteiger partial charge in [0.15, 0.2) is 0 Å². The zero-order valence-electron chi connectivity index (χ0n) is 11.8. The van der Waals surface area contributed by atoms with Gasteiger partial charge in [-0.2, -0.15) is 0 Å². The average molecular weight is 254 g/mol. The van der Waals surface area contributed by atoms with Crippen molar-refractivity contribution in [3.8, 4) is 0 Å². The minimum atomic E-state index is -0.415. The van der Waals surface area contributed by atoms with Crippen molar-refractivity contribution in [3.63, 3.8) is 0 Å². The maximum atomic E-state index is 12.0. The molecule has 18 heavy (non-hydrogen) atoms. The zero-order chi connectivity index (χ0) is 13.3. The fraction of sp³-hybridized carbons (Fsp3) is 0.929. The summed E-state index contributed by atoms with van der Waals surface area (Å²) in [6.45, 7) is 7.24. The SMILES string of the molecule is CC(C)(C)OC(=O)N1CCC(N)C(C2CC2)CC1. The molecule has 0 spiro atoms. The summed E-state index contributed by atoms with van der Waals surface area (Å²) in [4.78, 5) is 13.9. The van der Waals surface area contributed by atoms with Crippen LogP contribution in [0.1, 0.15) is 46.5 Å². The number of amides is 1. The predicted molar refractivity (Wildman–Crippen MR) is 71.2 cm³/mol. The molecule has 2 N–H and O–H groups in total. The Morgan fingerprint density at radius 3 is 2.33 bits per heavy atom. The van der Waals surface area contributed by atoms with E-state index in [-0.39, 0.29) is 12.1 Å². The van der Waals surface area contributed by atoms with Crippen LogP contribution in [0.25, 0.3) is 0 Å². The molecule has 2 fully saturated rings. The third kappa shape index (κ3) is 3.61. The third-order valence-corrected chi connectivity index (χ3v) is 3.89. The van der Waals surface area contributed by atoms with Crippen molar-refractivity contribution in [1.82, 2.24) is 4.90 Å². The molecular formula is C14H26N2O2. The number of likely N-dealkylation sites (tertiary alicyclic amines) is 1. The van der Waals surface area contributed by atoms with E-state index in [1.165, 1.54) is 12.8 Å². The quantitative estimate of drug-likeness (QED) is 0.781. The highest BCUT2D eigenvalue weighted by molar-refractivity contribution is 5.68. The first-order chi connectivity index (χ1) is 8.37. The summed E-state index contributed by atoms with van der Waals surface area (Å²) in [5.74, 6) is 1.43. The molecule has 104 valence electrons. The van der Waals surface area contributed by atoms with Crippen LogP contribution < -0.4 is 5.73 Å². The third-order valence-electron chi connectivity index (χ3n) is 3.89. The van der Waals surface area contributed by atoms with E-state index < -0.39 is 5.60 Å². The molecule has 1 saturated carbocycles. The molecule has 4 nitrogen and oxygen atoms in total. The molecule has 2 unspecified atom stereocenters. The summed E-state index contributed by atoms with van der Waals surface area (Å²) >= 11 is 0. The van der Waals surface area contributed by atoms with Crippen molar-refractivity contribution in [2.75, 3.05) is 13.1 Å². The zero-order valence-corrected chi connectivity index (χ0v) is 11.8. The van der Waals surface area contributed by atoms with E-state index in [0.29, 0.717) is 5.92 Å². The molecule has 1 amide bonds. The number of nitrogens with zero attached hydrogens (tertiary/aromatic N) is 1. The van der Waals surface area contributed by atoms with Crippen LogP contribution in [-0.4, -0.2) is 35.7 Å². The van der Waals surface area contributed by atoms with Crippen LogP contribution in [0.5, 0.6) is 0 Å². The second kappa shape index (κ2) is 5.08. The number of hydrogen-bond donors (Lipinski definition) is 1. The largest absolute Gasteiger partial charge is 0.444 e. The summed E-state index contributed by atoms with van der Waals surface area (Å²) in [6, 6.07) is 0.255. The van der Waals surface area contributed by atoms with Crippen LogP contribution >= 0.6 is 0 Å². The van der Waals surface area contributed by atoms with E-state index in [1.807, 2.05) is 25.7 Å². The first-order valence-corrected chi connectivity index (χ1v) is 7.10. The Hall–Kier alpha value is -0.770. The molecule has 1 saturated heterocycles. The smallest absolute Gasteiger partial charge is 0.410 e. The molecule has 2 atom stereocenters. The number of carbonyl (C=O) groups excluding carboxylic acids is 1. The van der Waals surface area contributed by atoms with E-state index in [1.54, 1.807) is 0 Å². The van der Waals surface area contributed by atoms with Gasteiger partial charge in [0, 0.05) is 19.1 Å². The average Bonchev–Trinajstić information content (AvgIpc) is 3.01. The number of hydrogen-bond acceptors (Lipinski definition) is 3. The Balaban J connectivity index is 1.89. The first-order valence-electron chi connectivity index (χ1n) is 7.10. The minimum absolute atomic E-state index is 0.189.